The Hall–Kier alpha value is -2.42. The molecule has 1 N–H and O–H groups in total. The van der Waals surface area contributed by atoms with Crippen LogP contribution in [0, 0.1) is 0 Å². The average molecular weight is 321 g/mol. The van der Waals surface area contributed by atoms with Crippen LogP contribution in [0.2, 0.25) is 0 Å². The number of ketones is 1. The van der Waals surface area contributed by atoms with Crippen molar-refractivity contribution in [2.24, 2.45) is 0 Å². The van der Waals surface area contributed by atoms with Crippen molar-refractivity contribution < 1.29 is 9.37 Å². The lowest BCUT2D eigenvalue weighted by molar-refractivity contribution is -0.521. The number of benzene rings is 2. The fourth-order valence-corrected chi connectivity index (χ4v) is 3.21. The molecule has 0 saturated heterocycles. The number of rotatable bonds is 6. The number of carbonyl (C=O) groups is 1. The summed E-state index contributed by atoms with van der Waals surface area (Å²) in [6, 6.07) is 18.1. The Balaban J connectivity index is 1.62. The number of amidine groups is 1. The first-order valence-corrected chi connectivity index (χ1v) is 8.81. The Morgan fingerprint density at radius 1 is 1.04 bits per heavy atom. The zero-order chi connectivity index (χ0) is 16.8. The quantitative estimate of drug-likeness (QED) is 0.649. The topological polar surface area (TPSA) is 32.1 Å². The monoisotopic (exact) mass is 321 g/mol. The van der Waals surface area contributed by atoms with Crippen molar-refractivity contribution in [1.29, 1.82) is 0 Å². The molecule has 0 aliphatic carbocycles. The zero-order valence-corrected chi connectivity index (χ0v) is 14.3. The Kier molecular flexibility index (Phi) is 5.42. The van der Waals surface area contributed by atoms with E-state index < -0.39 is 0 Å². The van der Waals surface area contributed by atoms with E-state index in [1.54, 1.807) is 0 Å². The normalized spacial score (nSPS) is 14.0. The van der Waals surface area contributed by atoms with Crippen molar-refractivity contribution in [2.45, 2.75) is 26.2 Å². The molecule has 0 unspecified atom stereocenters. The lowest BCUT2D eigenvalue weighted by atomic mass is 10.0. The second-order valence-electron chi connectivity index (χ2n) is 6.26. The van der Waals surface area contributed by atoms with Gasteiger partial charge in [0.2, 0.25) is 11.6 Å². The van der Waals surface area contributed by atoms with Gasteiger partial charge in [-0.05, 0) is 24.0 Å². The molecule has 3 nitrogen and oxygen atoms in total. The fraction of sp³-hybridized carbons (Fsp3) is 0.333. The first kappa shape index (κ1) is 16.4. The van der Waals surface area contributed by atoms with Gasteiger partial charge in [0, 0.05) is 5.56 Å². The maximum absolute atomic E-state index is 12.4. The minimum atomic E-state index is 0.144. The van der Waals surface area contributed by atoms with Crippen molar-refractivity contribution in [3.05, 3.63) is 60.2 Å². The third kappa shape index (κ3) is 3.91. The van der Waals surface area contributed by atoms with Crippen LogP contribution in [0.1, 0.15) is 36.5 Å². The van der Waals surface area contributed by atoms with Crippen LogP contribution in [-0.2, 0) is 0 Å². The van der Waals surface area contributed by atoms with Crippen LogP contribution in [0.5, 0.6) is 0 Å². The molecule has 124 valence electrons. The number of nitrogens with one attached hydrogen (secondary N) is 1. The Bertz CT molecular complexity index is 717. The lowest BCUT2D eigenvalue weighted by Crippen LogP contribution is -2.34. The van der Waals surface area contributed by atoms with Gasteiger partial charge < -0.3 is 0 Å². The molecule has 1 heterocycles. The van der Waals surface area contributed by atoms with Crippen molar-refractivity contribution in [3.8, 4) is 11.1 Å². The van der Waals surface area contributed by atoms with Gasteiger partial charge in [-0.2, -0.15) is 0 Å². The van der Waals surface area contributed by atoms with Gasteiger partial charge in [-0.3, -0.25) is 14.7 Å². The molecule has 2 aromatic carbocycles. The van der Waals surface area contributed by atoms with E-state index in [0.29, 0.717) is 6.54 Å². The van der Waals surface area contributed by atoms with E-state index in [4.69, 9.17) is 0 Å². The highest BCUT2D eigenvalue weighted by atomic mass is 16.1. The number of nitrogens with zero attached hydrogens (tertiary/aromatic N) is 1. The fourth-order valence-electron chi connectivity index (χ4n) is 3.21. The van der Waals surface area contributed by atoms with Crippen LogP contribution >= 0.6 is 0 Å². The van der Waals surface area contributed by atoms with Gasteiger partial charge in [0.05, 0.1) is 19.5 Å². The predicted molar refractivity (Wildman–Crippen MR) is 98.7 cm³/mol. The molecular weight excluding hydrogens is 296 g/mol. The van der Waals surface area contributed by atoms with Crippen LogP contribution in [0.15, 0.2) is 54.6 Å². The molecule has 0 aromatic heterocycles. The lowest BCUT2D eigenvalue weighted by Gasteiger charge is -2.06. The summed E-state index contributed by atoms with van der Waals surface area (Å²) in [5, 5.41) is 3.35. The Morgan fingerprint density at radius 3 is 2.46 bits per heavy atom. The third-order valence-corrected chi connectivity index (χ3v) is 4.48. The van der Waals surface area contributed by atoms with Crippen LogP contribution in [0.25, 0.3) is 11.1 Å². The average Bonchev–Trinajstić information content (AvgIpc) is 3.08. The van der Waals surface area contributed by atoms with Gasteiger partial charge >= 0.3 is 0 Å². The molecule has 0 saturated carbocycles. The molecule has 0 bridgehead atoms. The van der Waals surface area contributed by atoms with Crippen molar-refractivity contribution in [1.82, 2.24) is 5.32 Å². The molecule has 1 aliphatic rings. The Labute approximate surface area is 144 Å². The molecule has 0 fully saturated rings. The minimum absolute atomic E-state index is 0.144. The molecule has 1 aliphatic heterocycles. The molecule has 3 heteroatoms. The summed E-state index contributed by atoms with van der Waals surface area (Å²) in [6.45, 7) is 4.74. The molecular formula is C21H25N2O+. The van der Waals surface area contributed by atoms with Gasteiger partial charge in [0.15, 0.2) is 0 Å². The molecule has 2 aromatic rings. The van der Waals surface area contributed by atoms with Crippen LogP contribution in [0.3, 0.4) is 0 Å². The SMILES string of the molecule is CCC[N+]1=C(NCC(=O)c2ccc(-c3ccccc3)cc2)CCC1. The summed E-state index contributed by atoms with van der Waals surface area (Å²) in [6.07, 6.45) is 3.38. The summed E-state index contributed by atoms with van der Waals surface area (Å²) in [5.74, 6) is 1.37. The van der Waals surface area contributed by atoms with E-state index in [1.807, 2.05) is 42.5 Å². The maximum Gasteiger partial charge on any atom is 0.245 e. The summed E-state index contributed by atoms with van der Waals surface area (Å²) in [5.41, 5.74) is 3.08. The minimum Gasteiger partial charge on any atom is -0.290 e. The van der Waals surface area contributed by atoms with Gasteiger partial charge in [0.1, 0.15) is 6.54 Å². The molecule has 3 rings (SSSR count). The zero-order valence-electron chi connectivity index (χ0n) is 14.3. The highest BCUT2D eigenvalue weighted by Gasteiger charge is 2.20. The first-order valence-electron chi connectivity index (χ1n) is 8.81. The molecule has 0 amide bonds. The highest BCUT2D eigenvalue weighted by molar-refractivity contribution is 5.99. The molecule has 0 radical (unpaired) electrons. The number of Topliss-reactive ketones (excluding diaryl/α,β-unsaturated/α-hetero) is 1. The Morgan fingerprint density at radius 2 is 1.75 bits per heavy atom. The number of carbonyl (C=O) groups excluding carboxylic acids is 1. The summed E-state index contributed by atoms with van der Waals surface area (Å²) in [4.78, 5) is 12.4. The van der Waals surface area contributed by atoms with Gasteiger partial charge in [0.25, 0.3) is 0 Å². The molecule has 24 heavy (non-hydrogen) atoms. The van der Waals surface area contributed by atoms with E-state index in [-0.39, 0.29) is 5.78 Å². The van der Waals surface area contributed by atoms with E-state index in [1.165, 1.54) is 17.8 Å². The summed E-state index contributed by atoms with van der Waals surface area (Å²) < 4.78 is 2.37. The van der Waals surface area contributed by atoms with E-state index in [0.717, 1.165) is 37.1 Å². The van der Waals surface area contributed by atoms with Gasteiger partial charge in [-0.25, -0.2) is 0 Å². The second-order valence-corrected chi connectivity index (χ2v) is 6.26. The van der Waals surface area contributed by atoms with Crippen LogP contribution in [-0.4, -0.2) is 35.8 Å². The van der Waals surface area contributed by atoms with Gasteiger partial charge in [-0.1, -0.05) is 61.5 Å². The third-order valence-electron chi connectivity index (χ3n) is 4.48. The van der Waals surface area contributed by atoms with Crippen molar-refractivity contribution >= 4 is 11.6 Å². The highest BCUT2D eigenvalue weighted by Crippen LogP contribution is 2.19. The largest absolute Gasteiger partial charge is 0.290 e. The van der Waals surface area contributed by atoms with Crippen LogP contribution in [0.4, 0.5) is 0 Å². The summed E-state index contributed by atoms with van der Waals surface area (Å²) in [7, 11) is 0. The smallest absolute Gasteiger partial charge is 0.245 e. The van der Waals surface area contributed by atoms with Crippen LogP contribution < -0.4 is 5.32 Å². The maximum atomic E-state index is 12.4. The van der Waals surface area contributed by atoms with E-state index >= 15 is 0 Å². The van der Waals surface area contributed by atoms with E-state index in [2.05, 4.69) is 28.9 Å². The van der Waals surface area contributed by atoms with Gasteiger partial charge in [-0.15, -0.1) is 0 Å². The molecule has 0 spiro atoms. The number of hydrogen-bond donors (Lipinski definition) is 1. The number of hydrogen-bond acceptors (Lipinski definition) is 2. The summed E-state index contributed by atoms with van der Waals surface area (Å²) >= 11 is 0. The van der Waals surface area contributed by atoms with E-state index in [9.17, 15) is 4.79 Å². The first-order chi connectivity index (χ1) is 11.8. The predicted octanol–water partition coefficient (Wildman–Crippen LogP) is 3.74. The van der Waals surface area contributed by atoms with Crippen molar-refractivity contribution in [3.63, 3.8) is 0 Å². The van der Waals surface area contributed by atoms with Crippen molar-refractivity contribution in [2.75, 3.05) is 19.6 Å². The second kappa shape index (κ2) is 7.91. The molecule has 0 atom stereocenters. The standard InChI is InChI=1S/C21H24N2O/c1-2-14-23-15-6-9-21(23)22-16-20(24)19-12-10-18(11-13-19)17-7-4-3-5-8-17/h3-5,7-8,10-13H,2,6,9,14-16H2,1H3/p+1.